The number of nitrogen functional groups attached to an aromatic ring is 1. The normalized spacial score (nSPS) is 10.2. The van der Waals surface area contributed by atoms with E-state index in [-0.39, 0.29) is 23.2 Å². The van der Waals surface area contributed by atoms with Gasteiger partial charge in [0.1, 0.15) is 5.76 Å². The Hall–Kier alpha value is -2.08. The minimum Gasteiger partial charge on any atom is -0.441 e. The number of rotatable bonds is 3. The predicted molar refractivity (Wildman–Crippen MR) is 59.7 cm³/mol. The second-order valence-electron chi connectivity index (χ2n) is 3.06. The van der Waals surface area contributed by atoms with E-state index >= 15 is 0 Å². The molecule has 6 nitrogen and oxygen atoms in total. The minimum atomic E-state index is -0.660. The number of nitrogens with zero attached hydrogens (tertiary/aromatic N) is 2. The molecule has 7 heteroatoms. The summed E-state index contributed by atoms with van der Waals surface area (Å²) in [6.07, 6.45) is 4.13. The van der Waals surface area contributed by atoms with Crippen molar-refractivity contribution < 1.29 is 13.9 Å². The summed E-state index contributed by atoms with van der Waals surface area (Å²) in [6, 6.07) is 1.45. The van der Waals surface area contributed by atoms with E-state index < -0.39 is 5.97 Å². The first-order valence-electron chi connectivity index (χ1n) is 4.63. The highest BCUT2D eigenvalue weighted by Gasteiger charge is 2.15. The van der Waals surface area contributed by atoms with Gasteiger partial charge >= 0.3 is 5.97 Å². The lowest BCUT2D eigenvalue weighted by atomic mass is 10.4. The lowest BCUT2D eigenvalue weighted by Crippen LogP contribution is -2.11. The molecule has 17 heavy (non-hydrogen) atoms. The fraction of sp³-hybridized carbons (Fsp3) is 0.100. The number of hydrogen-bond donors (Lipinski definition) is 1. The van der Waals surface area contributed by atoms with Crippen LogP contribution in [0.3, 0.4) is 0 Å². The van der Waals surface area contributed by atoms with E-state index in [0.717, 1.165) is 0 Å². The molecule has 0 bridgehead atoms. The zero-order valence-electron chi connectivity index (χ0n) is 8.59. The van der Waals surface area contributed by atoms with E-state index in [1.807, 2.05) is 0 Å². The summed E-state index contributed by atoms with van der Waals surface area (Å²) in [4.78, 5) is 19.2. The van der Waals surface area contributed by atoms with E-state index in [1.165, 1.54) is 24.7 Å². The van der Waals surface area contributed by atoms with Crippen LogP contribution in [-0.2, 0) is 5.88 Å². The molecule has 0 spiro atoms. The smallest absolute Gasteiger partial charge is 0.364 e. The summed E-state index contributed by atoms with van der Waals surface area (Å²) < 4.78 is 10.0. The highest BCUT2D eigenvalue weighted by Crippen LogP contribution is 2.27. The van der Waals surface area contributed by atoms with Gasteiger partial charge in [-0.15, -0.1) is 11.6 Å². The lowest BCUT2D eigenvalue weighted by molar-refractivity contribution is 0.0728. The molecule has 2 heterocycles. The third-order valence-corrected chi connectivity index (χ3v) is 2.15. The van der Waals surface area contributed by atoms with E-state index in [0.29, 0.717) is 5.76 Å². The number of furan rings is 1. The van der Waals surface area contributed by atoms with Crippen LogP contribution in [0.25, 0.3) is 0 Å². The van der Waals surface area contributed by atoms with Crippen LogP contribution in [0.2, 0.25) is 0 Å². The molecule has 0 saturated carbocycles. The Bertz CT molecular complexity index is 527. The standard InChI is InChI=1S/C10H8ClN3O3/c11-4-6-3-8(9(12)16-6)17-10(15)7-5-13-1-2-14-7/h1-3,5H,4,12H2. The molecule has 0 radical (unpaired) electrons. The quantitative estimate of drug-likeness (QED) is 0.660. The number of ether oxygens (including phenoxy) is 1. The van der Waals surface area contributed by atoms with Gasteiger partial charge in [-0.1, -0.05) is 0 Å². The number of halogens is 1. The maximum Gasteiger partial charge on any atom is 0.364 e. The highest BCUT2D eigenvalue weighted by atomic mass is 35.5. The molecule has 0 amide bonds. The van der Waals surface area contributed by atoms with Gasteiger partial charge in [-0.25, -0.2) is 9.78 Å². The second kappa shape index (κ2) is 4.84. The van der Waals surface area contributed by atoms with Crippen LogP contribution >= 0.6 is 11.6 Å². The lowest BCUT2D eigenvalue weighted by Gasteiger charge is -2.00. The van der Waals surface area contributed by atoms with Crippen LogP contribution in [0.4, 0.5) is 5.88 Å². The van der Waals surface area contributed by atoms with Gasteiger partial charge in [0.2, 0.25) is 5.88 Å². The first-order valence-corrected chi connectivity index (χ1v) is 5.16. The summed E-state index contributed by atoms with van der Waals surface area (Å²) in [5, 5.41) is 0. The SMILES string of the molecule is Nc1oc(CCl)cc1OC(=O)c1cnccn1. The van der Waals surface area contributed by atoms with E-state index in [1.54, 1.807) is 0 Å². The third-order valence-electron chi connectivity index (χ3n) is 1.88. The van der Waals surface area contributed by atoms with Crippen LogP contribution in [0.5, 0.6) is 5.75 Å². The Morgan fingerprint density at radius 3 is 2.94 bits per heavy atom. The maximum atomic E-state index is 11.6. The number of anilines is 1. The van der Waals surface area contributed by atoms with Crippen molar-refractivity contribution in [3.63, 3.8) is 0 Å². The molecule has 0 aliphatic heterocycles. The van der Waals surface area contributed by atoms with Crippen LogP contribution in [-0.4, -0.2) is 15.9 Å². The van der Waals surface area contributed by atoms with Gasteiger partial charge in [0.15, 0.2) is 11.4 Å². The average Bonchev–Trinajstić information content (AvgIpc) is 2.71. The van der Waals surface area contributed by atoms with Gasteiger partial charge in [-0.2, -0.15) is 0 Å². The number of alkyl halides is 1. The Kier molecular flexibility index (Phi) is 3.24. The molecule has 0 saturated heterocycles. The van der Waals surface area contributed by atoms with E-state index in [4.69, 9.17) is 26.5 Å². The van der Waals surface area contributed by atoms with Gasteiger partial charge in [-0.05, 0) is 0 Å². The zero-order valence-corrected chi connectivity index (χ0v) is 9.35. The Balaban J connectivity index is 2.16. The van der Waals surface area contributed by atoms with Crippen molar-refractivity contribution in [1.29, 1.82) is 0 Å². The first kappa shape index (κ1) is 11.4. The van der Waals surface area contributed by atoms with Gasteiger partial charge in [0.05, 0.1) is 12.1 Å². The van der Waals surface area contributed by atoms with Crippen molar-refractivity contribution in [2.75, 3.05) is 5.73 Å². The number of carbonyl (C=O) groups is 1. The minimum absolute atomic E-state index is 0.00195. The molecule has 0 aromatic carbocycles. The number of carbonyl (C=O) groups excluding carboxylic acids is 1. The van der Waals surface area contributed by atoms with Crippen LogP contribution in [0.1, 0.15) is 16.2 Å². The number of esters is 1. The van der Waals surface area contributed by atoms with Gasteiger partial charge in [-0.3, -0.25) is 4.98 Å². The molecule has 0 aliphatic rings. The van der Waals surface area contributed by atoms with Gasteiger partial charge in [0.25, 0.3) is 0 Å². The maximum absolute atomic E-state index is 11.6. The molecule has 2 N–H and O–H groups in total. The number of aromatic nitrogens is 2. The number of nitrogens with two attached hydrogens (primary N) is 1. The van der Waals surface area contributed by atoms with Crippen molar-refractivity contribution in [2.45, 2.75) is 5.88 Å². The van der Waals surface area contributed by atoms with Crippen molar-refractivity contribution >= 4 is 23.5 Å². The van der Waals surface area contributed by atoms with Crippen molar-refractivity contribution in [1.82, 2.24) is 9.97 Å². The molecular formula is C10H8ClN3O3. The Morgan fingerprint density at radius 1 is 1.53 bits per heavy atom. The van der Waals surface area contributed by atoms with E-state index in [9.17, 15) is 4.79 Å². The summed E-state index contributed by atoms with van der Waals surface area (Å²) >= 11 is 5.55. The van der Waals surface area contributed by atoms with Crippen molar-refractivity contribution in [3.05, 3.63) is 36.1 Å². The van der Waals surface area contributed by atoms with Crippen molar-refractivity contribution in [3.8, 4) is 5.75 Å². The topological polar surface area (TPSA) is 91.2 Å². The second-order valence-corrected chi connectivity index (χ2v) is 3.32. The van der Waals surface area contributed by atoms with Crippen LogP contribution in [0.15, 0.2) is 29.1 Å². The van der Waals surface area contributed by atoms with Gasteiger partial charge in [0, 0.05) is 18.5 Å². The highest BCUT2D eigenvalue weighted by molar-refractivity contribution is 6.16. The molecule has 88 valence electrons. The third kappa shape index (κ3) is 2.54. The molecular weight excluding hydrogens is 246 g/mol. The molecule has 2 rings (SSSR count). The van der Waals surface area contributed by atoms with Crippen LogP contribution in [0, 0.1) is 0 Å². The van der Waals surface area contributed by atoms with Crippen molar-refractivity contribution in [2.24, 2.45) is 0 Å². The summed E-state index contributed by atoms with van der Waals surface area (Å²) in [6.45, 7) is 0. The average molecular weight is 254 g/mol. The largest absolute Gasteiger partial charge is 0.441 e. The molecule has 0 atom stereocenters. The monoisotopic (exact) mass is 253 g/mol. The molecule has 2 aromatic heterocycles. The fourth-order valence-electron chi connectivity index (χ4n) is 1.14. The number of hydrogen-bond acceptors (Lipinski definition) is 6. The summed E-state index contributed by atoms with van der Waals surface area (Å²) in [7, 11) is 0. The summed E-state index contributed by atoms with van der Waals surface area (Å²) in [5.74, 6) is 0.0272. The fourth-order valence-corrected chi connectivity index (χ4v) is 1.27. The van der Waals surface area contributed by atoms with Gasteiger partial charge < -0.3 is 14.9 Å². The molecule has 2 aromatic rings. The van der Waals surface area contributed by atoms with E-state index in [2.05, 4.69) is 9.97 Å². The summed E-state index contributed by atoms with van der Waals surface area (Å²) in [5.41, 5.74) is 5.59. The molecule has 0 aliphatic carbocycles. The predicted octanol–water partition coefficient (Wildman–Crippen LogP) is 1.61. The molecule has 0 fully saturated rings. The zero-order chi connectivity index (χ0) is 12.3. The van der Waals surface area contributed by atoms with Crippen LogP contribution < -0.4 is 10.5 Å². The first-order chi connectivity index (χ1) is 8.20. The Morgan fingerprint density at radius 2 is 2.35 bits per heavy atom. The Labute approximate surface area is 101 Å². The molecule has 0 unspecified atom stereocenters.